The van der Waals surface area contributed by atoms with E-state index < -0.39 is 23.7 Å². The average molecular weight is 455 g/mol. The van der Waals surface area contributed by atoms with Gasteiger partial charge in [0.1, 0.15) is 16.7 Å². The van der Waals surface area contributed by atoms with Crippen molar-refractivity contribution in [1.82, 2.24) is 4.98 Å². The van der Waals surface area contributed by atoms with Crippen LogP contribution in [0, 0.1) is 13.8 Å². The van der Waals surface area contributed by atoms with Crippen LogP contribution in [0.25, 0.3) is 5.76 Å². The fourth-order valence-corrected chi connectivity index (χ4v) is 5.22. The van der Waals surface area contributed by atoms with Crippen LogP contribution in [-0.4, -0.2) is 34.9 Å². The summed E-state index contributed by atoms with van der Waals surface area (Å²) in [6, 6.07) is 9.78. The second kappa shape index (κ2) is 8.09. The molecule has 158 valence electrons. The van der Waals surface area contributed by atoms with Gasteiger partial charge in [-0.15, -0.1) is 11.3 Å². The zero-order valence-electron chi connectivity index (χ0n) is 16.9. The maximum atomic E-state index is 13.1. The molecule has 3 heterocycles. The van der Waals surface area contributed by atoms with E-state index >= 15 is 0 Å². The van der Waals surface area contributed by atoms with E-state index in [9.17, 15) is 19.5 Å². The smallest absolute Gasteiger partial charge is 0.350 e. The van der Waals surface area contributed by atoms with Crippen LogP contribution in [0.15, 0.2) is 47.4 Å². The second-order valence-corrected chi connectivity index (χ2v) is 8.91. The SMILES string of the molecule is COC(=O)c1sc(N2C(=O)C(=O)C(=C(O)c3ccc(C)cc3)[C@H]2c2cccs2)nc1C. The number of aliphatic hydroxyl groups excluding tert-OH is 1. The molecule has 3 aromatic rings. The number of ketones is 1. The molecule has 1 aliphatic rings. The van der Waals surface area contributed by atoms with Crippen molar-refractivity contribution in [3.8, 4) is 0 Å². The third-order valence-corrected chi connectivity index (χ3v) is 7.01. The third-order valence-electron chi connectivity index (χ3n) is 4.94. The normalized spacial score (nSPS) is 17.9. The van der Waals surface area contributed by atoms with E-state index in [2.05, 4.69) is 4.98 Å². The molecule has 0 radical (unpaired) electrons. The van der Waals surface area contributed by atoms with Crippen LogP contribution in [0.3, 0.4) is 0 Å². The number of thiazole rings is 1. The highest BCUT2D eigenvalue weighted by Crippen LogP contribution is 2.45. The van der Waals surface area contributed by atoms with E-state index in [0.29, 0.717) is 16.1 Å². The summed E-state index contributed by atoms with van der Waals surface area (Å²) in [6.07, 6.45) is 0. The van der Waals surface area contributed by atoms with Crippen molar-refractivity contribution in [1.29, 1.82) is 0 Å². The first-order chi connectivity index (χ1) is 14.8. The molecule has 1 amide bonds. The van der Waals surface area contributed by atoms with Crippen molar-refractivity contribution < 1.29 is 24.2 Å². The van der Waals surface area contributed by atoms with E-state index in [1.165, 1.54) is 23.3 Å². The molecule has 7 nitrogen and oxygen atoms in total. The Morgan fingerprint density at radius 1 is 1.16 bits per heavy atom. The molecule has 4 rings (SSSR count). The zero-order chi connectivity index (χ0) is 22.3. The first kappa shape index (κ1) is 21.0. The molecule has 0 saturated carbocycles. The largest absolute Gasteiger partial charge is 0.507 e. The van der Waals surface area contributed by atoms with E-state index in [0.717, 1.165) is 16.9 Å². The van der Waals surface area contributed by atoms with Gasteiger partial charge >= 0.3 is 11.9 Å². The summed E-state index contributed by atoms with van der Waals surface area (Å²) in [4.78, 5) is 44.7. The van der Waals surface area contributed by atoms with Crippen LogP contribution in [0.1, 0.15) is 37.4 Å². The summed E-state index contributed by atoms with van der Waals surface area (Å²) in [5, 5.41) is 13.0. The average Bonchev–Trinajstić information content (AvgIpc) is 3.47. The van der Waals surface area contributed by atoms with Gasteiger partial charge in [0, 0.05) is 10.4 Å². The Labute approximate surface area is 186 Å². The summed E-state index contributed by atoms with van der Waals surface area (Å²) in [5.41, 5.74) is 1.83. The maximum Gasteiger partial charge on any atom is 0.350 e. The zero-order valence-corrected chi connectivity index (χ0v) is 18.5. The Balaban J connectivity index is 1.90. The van der Waals surface area contributed by atoms with Gasteiger partial charge in [-0.05, 0) is 25.3 Å². The maximum absolute atomic E-state index is 13.1. The lowest BCUT2D eigenvalue weighted by Crippen LogP contribution is -2.29. The van der Waals surface area contributed by atoms with E-state index in [4.69, 9.17) is 4.74 Å². The van der Waals surface area contributed by atoms with Crippen molar-refractivity contribution in [3.05, 3.63) is 73.9 Å². The molecule has 0 bridgehead atoms. The highest BCUT2D eigenvalue weighted by Gasteiger charge is 2.48. The van der Waals surface area contributed by atoms with Gasteiger partial charge in [-0.25, -0.2) is 9.78 Å². The van der Waals surface area contributed by atoms with Crippen molar-refractivity contribution >= 4 is 51.2 Å². The number of esters is 1. The number of hydrogen-bond donors (Lipinski definition) is 1. The minimum absolute atomic E-state index is 0.0104. The van der Waals surface area contributed by atoms with Crippen LogP contribution in [0.2, 0.25) is 0 Å². The predicted molar refractivity (Wildman–Crippen MR) is 118 cm³/mol. The van der Waals surface area contributed by atoms with Gasteiger partial charge in [-0.1, -0.05) is 47.2 Å². The summed E-state index contributed by atoms with van der Waals surface area (Å²) < 4.78 is 4.78. The molecule has 0 unspecified atom stereocenters. The summed E-state index contributed by atoms with van der Waals surface area (Å²) in [7, 11) is 1.26. The van der Waals surface area contributed by atoms with Crippen molar-refractivity contribution in [3.63, 3.8) is 0 Å². The number of Topliss-reactive ketones (excluding diaryl/α,β-unsaturated/α-hetero) is 1. The summed E-state index contributed by atoms with van der Waals surface area (Å²) in [5.74, 6) is -2.42. The number of carbonyl (C=O) groups excluding carboxylic acids is 3. The highest BCUT2D eigenvalue weighted by atomic mass is 32.1. The van der Waals surface area contributed by atoms with E-state index in [1.807, 2.05) is 24.4 Å². The van der Waals surface area contributed by atoms with Crippen LogP contribution in [0.5, 0.6) is 0 Å². The number of carbonyl (C=O) groups is 3. The van der Waals surface area contributed by atoms with Gasteiger partial charge in [0.2, 0.25) is 0 Å². The molecule has 1 N–H and O–H groups in total. The van der Waals surface area contributed by atoms with Gasteiger partial charge in [-0.3, -0.25) is 14.5 Å². The molecule has 31 heavy (non-hydrogen) atoms. The number of nitrogens with zero attached hydrogens (tertiary/aromatic N) is 2. The van der Waals surface area contributed by atoms with Crippen molar-refractivity contribution in [2.45, 2.75) is 19.9 Å². The highest BCUT2D eigenvalue weighted by molar-refractivity contribution is 7.18. The van der Waals surface area contributed by atoms with Crippen LogP contribution >= 0.6 is 22.7 Å². The van der Waals surface area contributed by atoms with Gasteiger partial charge in [0.15, 0.2) is 5.13 Å². The Morgan fingerprint density at radius 2 is 1.87 bits per heavy atom. The number of amides is 1. The van der Waals surface area contributed by atoms with Crippen molar-refractivity contribution in [2.75, 3.05) is 12.0 Å². The number of rotatable bonds is 4. The molecule has 1 aromatic carbocycles. The molecule has 1 aliphatic heterocycles. The molecule has 1 atom stereocenters. The molecular formula is C22H18N2O5S2. The number of anilines is 1. The minimum atomic E-state index is -0.850. The van der Waals surface area contributed by atoms with Crippen molar-refractivity contribution in [2.24, 2.45) is 0 Å². The minimum Gasteiger partial charge on any atom is -0.507 e. The summed E-state index contributed by atoms with van der Waals surface area (Å²) >= 11 is 2.33. The van der Waals surface area contributed by atoms with E-state index in [1.54, 1.807) is 31.2 Å². The van der Waals surface area contributed by atoms with Crippen LogP contribution in [-0.2, 0) is 14.3 Å². The monoisotopic (exact) mass is 454 g/mol. The summed E-state index contributed by atoms with van der Waals surface area (Å²) in [6.45, 7) is 3.55. The van der Waals surface area contributed by atoms with Crippen LogP contribution in [0.4, 0.5) is 5.13 Å². The Hall–Kier alpha value is -3.30. The van der Waals surface area contributed by atoms with Gasteiger partial charge in [0.25, 0.3) is 5.78 Å². The lowest BCUT2D eigenvalue weighted by molar-refractivity contribution is -0.132. The number of aliphatic hydroxyl groups is 1. The molecule has 0 aliphatic carbocycles. The number of hydrogen-bond acceptors (Lipinski definition) is 8. The van der Waals surface area contributed by atoms with E-state index in [-0.39, 0.29) is 21.3 Å². The third kappa shape index (κ3) is 3.55. The lowest BCUT2D eigenvalue weighted by atomic mass is 9.99. The van der Waals surface area contributed by atoms with Gasteiger partial charge in [-0.2, -0.15) is 0 Å². The van der Waals surface area contributed by atoms with Gasteiger partial charge < -0.3 is 9.84 Å². The lowest BCUT2D eigenvalue weighted by Gasteiger charge is -2.21. The second-order valence-electron chi connectivity index (χ2n) is 6.95. The molecular weight excluding hydrogens is 436 g/mol. The fraction of sp³-hybridized carbons (Fsp3) is 0.182. The fourth-order valence-electron chi connectivity index (χ4n) is 3.38. The number of aryl methyl sites for hydroxylation is 2. The first-order valence-corrected chi connectivity index (χ1v) is 11.0. The number of aromatic nitrogens is 1. The molecule has 2 aromatic heterocycles. The molecule has 9 heteroatoms. The molecule has 0 spiro atoms. The number of thiophene rings is 1. The number of benzene rings is 1. The predicted octanol–water partition coefficient (Wildman–Crippen LogP) is 4.23. The molecule has 1 saturated heterocycles. The quantitative estimate of drug-likeness (QED) is 0.274. The number of methoxy groups -OCH3 is 1. The van der Waals surface area contributed by atoms with Gasteiger partial charge in [0.05, 0.1) is 18.4 Å². The number of ether oxygens (including phenoxy) is 1. The topological polar surface area (TPSA) is 96.8 Å². The standard InChI is InChI=1S/C22H18N2O5S2/c1-11-6-8-13(9-7-11)17(25)15-16(14-5-4-10-30-14)24(20(27)18(15)26)22-23-12(2)19(31-22)21(28)29-3/h4-10,16,25H,1-3H3/t16-/m1/s1. The Bertz CT molecular complexity index is 1210. The van der Waals surface area contributed by atoms with Crippen LogP contribution < -0.4 is 4.90 Å². The molecule has 1 fully saturated rings. The Morgan fingerprint density at radius 3 is 2.48 bits per heavy atom. The Kier molecular flexibility index (Phi) is 5.47. The first-order valence-electron chi connectivity index (χ1n) is 9.30.